The predicted octanol–water partition coefficient (Wildman–Crippen LogP) is 1.85. The zero-order valence-electron chi connectivity index (χ0n) is 9.73. The summed E-state index contributed by atoms with van der Waals surface area (Å²) in [4.78, 5) is 11.9. The second-order valence-corrected chi connectivity index (χ2v) is 4.13. The Balaban J connectivity index is 2.21. The Morgan fingerprint density at radius 1 is 1.41 bits per heavy atom. The second-order valence-electron chi connectivity index (χ2n) is 4.13. The van der Waals surface area contributed by atoms with E-state index in [1.165, 1.54) is 0 Å². The molecule has 0 bridgehead atoms. The van der Waals surface area contributed by atoms with Gasteiger partial charge >= 0.3 is 0 Å². The van der Waals surface area contributed by atoms with Crippen molar-refractivity contribution >= 4 is 16.7 Å². The van der Waals surface area contributed by atoms with Crippen LogP contribution < -0.4 is 5.73 Å². The fourth-order valence-corrected chi connectivity index (χ4v) is 1.87. The molecular weight excluding hydrogens is 214 g/mol. The summed E-state index contributed by atoms with van der Waals surface area (Å²) >= 11 is 0. The van der Waals surface area contributed by atoms with Crippen molar-refractivity contribution in [2.45, 2.75) is 6.92 Å². The van der Waals surface area contributed by atoms with Gasteiger partial charge in [-0.05, 0) is 19.1 Å². The maximum Gasteiger partial charge on any atom is 0.139 e. The summed E-state index contributed by atoms with van der Waals surface area (Å²) in [7, 11) is 1.97. The van der Waals surface area contributed by atoms with Crippen LogP contribution in [0.4, 0.5) is 5.69 Å². The van der Waals surface area contributed by atoms with Gasteiger partial charge in [-0.25, -0.2) is 9.97 Å². The molecule has 0 atom stereocenters. The number of fused-ring (bicyclic) bond motifs is 1. The Morgan fingerprint density at radius 2 is 2.24 bits per heavy atom. The fraction of sp³-hybridized carbons (Fsp3) is 0.167. The molecule has 17 heavy (non-hydrogen) atoms. The largest absolute Gasteiger partial charge is 0.398 e. The van der Waals surface area contributed by atoms with Gasteiger partial charge in [0.1, 0.15) is 17.2 Å². The standard InChI is InChI=1S/C12H13N5/c1-7-15-11(6-17(7)2)10-5-8-9(13)3-4-14-12(8)16-10/h3-6H,1-2H3,(H3,13,14,16). The van der Waals surface area contributed by atoms with Gasteiger partial charge in [-0.2, -0.15) is 0 Å². The van der Waals surface area contributed by atoms with E-state index in [1.54, 1.807) is 12.3 Å². The molecule has 0 aliphatic rings. The van der Waals surface area contributed by atoms with E-state index >= 15 is 0 Å². The lowest BCUT2D eigenvalue weighted by atomic mass is 10.2. The normalized spacial score (nSPS) is 11.2. The van der Waals surface area contributed by atoms with Gasteiger partial charge in [0.05, 0.1) is 5.69 Å². The Hall–Kier alpha value is -2.30. The summed E-state index contributed by atoms with van der Waals surface area (Å²) in [6.45, 7) is 1.97. The number of hydrogen-bond acceptors (Lipinski definition) is 3. The first kappa shape index (κ1) is 9.89. The SMILES string of the molecule is Cc1nc(-c2cc3c(N)ccnc3[nH]2)cn1C. The fourth-order valence-electron chi connectivity index (χ4n) is 1.87. The van der Waals surface area contributed by atoms with Crippen LogP contribution in [-0.4, -0.2) is 19.5 Å². The van der Waals surface area contributed by atoms with Gasteiger partial charge in [-0.1, -0.05) is 0 Å². The molecule has 0 aromatic carbocycles. The molecule has 0 saturated carbocycles. The number of imidazole rings is 1. The highest BCUT2D eigenvalue weighted by Crippen LogP contribution is 2.25. The third-order valence-corrected chi connectivity index (χ3v) is 2.95. The summed E-state index contributed by atoms with van der Waals surface area (Å²) in [6, 6.07) is 3.78. The predicted molar refractivity (Wildman–Crippen MR) is 67.4 cm³/mol. The van der Waals surface area contributed by atoms with Crippen molar-refractivity contribution in [1.29, 1.82) is 0 Å². The highest BCUT2D eigenvalue weighted by molar-refractivity contribution is 5.91. The number of nitrogens with two attached hydrogens (primary N) is 1. The molecule has 5 heteroatoms. The van der Waals surface area contributed by atoms with Crippen LogP contribution in [0.2, 0.25) is 0 Å². The number of nitrogens with one attached hydrogen (secondary N) is 1. The average molecular weight is 227 g/mol. The molecule has 0 spiro atoms. The molecule has 3 aromatic heterocycles. The third kappa shape index (κ3) is 1.47. The van der Waals surface area contributed by atoms with Crippen LogP contribution >= 0.6 is 0 Å². The minimum absolute atomic E-state index is 0.727. The summed E-state index contributed by atoms with van der Waals surface area (Å²) in [5.41, 5.74) is 9.26. The summed E-state index contributed by atoms with van der Waals surface area (Å²) < 4.78 is 1.98. The molecule has 0 unspecified atom stereocenters. The van der Waals surface area contributed by atoms with Crippen molar-refractivity contribution in [1.82, 2.24) is 19.5 Å². The van der Waals surface area contributed by atoms with Crippen LogP contribution in [0.1, 0.15) is 5.82 Å². The lowest BCUT2D eigenvalue weighted by Crippen LogP contribution is -1.86. The van der Waals surface area contributed by atoms with Gasteiger partial charge in [-0.3, -0.25) is 0 Å². The summed E-state index contributed by atoms with van der Waals surface area (Å²) in [5.74, 6) is 0.972. The highest BCUT2D eigenvalue weighted by Gasteiger charge is 2.09. The number of aryl methyl sites for hydroxylation is 2. The van der Waals surface area contributed by atoms with Crippen molar-refractivity contribution in [2.75, 3.05) is 5.73 Å². The van der Waals surface area contributed by atoms with Crippen LogP contribution in [-0.2, 0) is 7.05 Å². The number of pyridine rings is 1. The smallest absolute Gasteiger partial charge is 0.139 e. The van der Waals surface area contributed by atoms with E-state index in [1.807, 2.05) is 30.8 Å². The minimum atomic E-state index is 0.727. The van der Waals surface area contributed by atoms with E-state index in [0.717, 1.165) is 33.9 Å². The van der Waals surface area contributed by atoms with Gasteiger partial charge in [0.25, 0.3) is 0 Å². The van der Waals surface area contributed by atoms with E-state index in [0.29, 0.717) is 0 Å². The van der Waals surface area contributed by atoms with Crippen molar-refractivity contribution < 1.29 is 0 Å². The number of anilines is 1. The Kier molecular flexibility index (Phi) is 1.95. The molecule has 3 N–H and O–H groups in total. The van der Waals surface area contributed by atoms with E-state index in [9.17, 15) is 0 Å². The number of nitrogen functional groups attached to an aromatic ring is 1. The molecule has 3 heterocycles. The number of H-pyrrole nitrogens is 1. The van der Waals surface area contributed by atoms with E-state index in [4.69, 9.17) is 5.73 Å². The van der Waals surface area contributed by atoms with Crippen molar-refractivity contribution in [2.24, 2.45) is 7.05 Å². The van der Waals surface area contributed by atoms with Crippen LogP contribution in [0, 0.1) is 6.92 Å². The Labute approximate surface area is 98.3 Å². The molecule has 5 nitrogen and oxygen atoms in total. The van der Waals surface area contributed by atoms with Gasteiger partial charge in [0.15, 0.2) is 0 Å². The molecule has 3 rings (SSSR count). The zero-order valence-corrected chi connectivity index (χ0v) is 9.73. The summed E-state index contributed by atoms with van der Waals surface area (Å²) in [5, 5.41) is 0.936. The van der Waals surface area contributed by atoms with E-state index in [2.05, 4.69) is 15.0 Å². The van der Waals surface area contributed by atoms with Gasteiger partial charge in [-0.15, -0.1) is 0 Å². The topological polar surface area (TPSA) is 72.5 Å². The van der Waals surface area contributed by atoms with Crippen molar-refractivity contribution in [3.05, 3.63) is 30.4 Å². The second kappa shape index (κ2) is 3.35. The van der Waals surface area contributed by atoms with Gasteiger partial charge in [0.2, 0.25) is 0 Å². The monoisotopic (exact) mass is 227 g/mol. The first-order chi connectivity index (χ1) is 8.15. The summed E-state index contributed by atoms with van der Waals surface area (Å²) in [6.07, 6.45) is 3.68. The zero-order chi connectivity index (χ0) is 12.0. The highest BCUT2D eigenvalue weighted by atomic mass is 15.0. The number of hydrogen-bond donors (Lipinski definition) is 2. The first-order valence-corrected chi connectivity index (χ1v) is 5.38. The minimum Gasteiger partial charge on any atom is -0.398 e. The Morgan fingerprint density at radius 3 is 2.88 bits per heavy atom. The molecule has 0 aliphatic heterocycles. The molecule has 0 aliphatic carbocycles. The van der Waals surface area contributed by atoms with Crippen molar-refractivity contribution in [3.8, 4) is 11.4 Å². The molecule has 0 amide bonds. The molecule has 0 radical (unpaired) electrons. The molecule has 0 saturated heterocycles. The van der Waals surface area contributed by atoms with Crippen LogP contribution in [0.5, 0.6) is 0 Å². The van der Waals surface area contributed by atoms with Crippen LogP contribution in [0.25, 0.3) is 22.4 Å². The van der Waals surface area contributed by atoms with E-state index < -0.39 is 0 Å². The molecule has 0 fully saturated rings. The lowest BCUT2D eigenvalue weighted by molar-refractivity contribution is 0.858. The van der Waals surface area contributed by atoms with Crippen LogP contribution in [0.3, 0.4) is 0 Å². The third-order valence-electron chi connectivity index (χ3n) is 2.95. The number of nitrogens with zero attached hydrogens (tertiary/aromatic N) is 3. The van der Waals surface area contributed by atoms with Crippen molar-refractivity contribution in [3.63, 3.8) is 0 Å². The van der Waals surface area contributed by atoms with Gasteiger partial charge < -0.3 is 15.3 Å². The lowest BCUT2D eigenvalue weighted by Gasteiger charge is -1.91. The van der Waals surface area contributed by atoms with Crippen LogP contribution in [0.15, 0.2) is 24.5 Å². The number of aromatic nitrogens is 4. The average Bonchev–Trinajstić information content (AvgIpc) is 2.85. The Bertz CT molecular complexity index is 673. The maximum atomic E-state index is 5.90. The quantitative estimate of drug-likeness (QED) is 0.666. The number of rotatable bonds is 1. The van der Waals surface area contributed by atoms with Gasteiger partial charge in [0, 0.05) is 30.5 Å². The van der Waals surface area contributed by atoms with E-state index in [-0.39, 0.29) is 0 Å². The molecule has 3 aromatic rings. The molecular formula is C12H13N5. The maximum absolute atomic E-state index is 5.90. The number of aromatic amines is 1. The molecule has 86 valence electrons. The first-order valence-electron chi connectivity index (χ1n) is 5.38.